The first-order valence-electron chi connectivity index (χ1n) is 8.07. The third kappa shape index (κ3) is 5.59. The number of nitrogens with one attached hydrogen (secondary N) is 3. The maximum Gasteiger partial charge on any atom is 0.319 e. The molecule has 0 aliphatic heterocycles. The molecule has 2 aromatic rings. The van der Waals surface area contributed by atoms with Crippen LogP contribution in [0.2, 0.25) is 0 Å². The summed E-state index contributed by atoms with van der Waals surface area (Å²) in [6.45, 7) is 5.34. The normalized spacial score (nSPS) is 10.5. The van der Waals surface area contributed by atoms with Gasteiger partial charge in [0.25, 0.3) is 0 Å². The Hall–Kier alpha value is -2.53. The Morgan fingerprint density at radius 3 is 2.42 bits per heavy atom. The molecule has 0 aliphatic rings. The van der Waals surface area contributed by atoms with E-state index in [2.05, 4.69) is 16.0 Å². The van der Waals surface area contributed by atoms with Crippen molar-refractivity contribution in [1.82, 2.24) is 10.6 Å². The molecule has 0 aromatic heterocycles. The molecule has 0 atom stereocenters. The Kier molecular flexibility index (Phi) is 6.63. The van der Waals surface area contributed by atoms with Crippen LogP contribution < -0.4 is 20.7 Å². The second-order valence-corrected chi connectivity index (χ2v) is 5.87. The molecule has 2 rings (SSSR count). The van der Waals surface area contributed by atoms with E-state index in [1.165, 1.54) is 0 Å². The minimum atomic E-state index is -0.188. The molecule has 0 spiro atoms. The van der Waals surface area contributed by atoms with Gasteiger partial charge in [-0.2, -0.15) is 0 Å². The monoisotopic (exact) mass is 327 g/mol. The third-order valence-electron chi connectivity index (χ3n) is 3.47. The number of anilines is 1. The summed E-state index contributed by atoms with van der Waals surface area (Å²) in [4.78, 5) is 11.7. The van der Waals surface area contributed by atoms with Crippen LogP contribution in [0.1, 0.15) is 25.0 Å². The molecule has 2 amide bonds. The molecule has 0 unspecified atom stereocenters. The molecule has 128 valence electrons. The maximum absolute atomic E-state index is 11.7. The van der Waals surface area contributed by atoms with E-state index >= 15 is 0 Å². The fourth-order valence-corrected chi connectivity index (χ4v) is 2.33. The molecule has 0 fully saturated rings. The Morgan fingerprint density at radius 1 is 1.04 bits per heavy atom. The molecule has 0 saturated heterocycles. The van der Waals surface area contributed by atoms with E-state index < -0.39 is 0 Å². The van der Waals surface area contributed by atoms with Crippen molar-refractivity contribution < 1.29 is 9.53 Å². The Morgan fingerprint density at radius 2 is 1.75 bits per heavy atom. The zero-order chi connectivity index (χ0) is 17.4. The van der Waals surface area contributed by atoms with Gasteiger partial charge in [0.1, 0.15) is 5.75 Å². The van der Waals surface area contributed by atoms with Gasteiger partial charge in [0.2, 0.25) is 0 Å². The van der Waals surface area contributed by atoms with Crippen LogP contribution in [0.4, 0.5) is 10.5 Å². The van der Waals surface area contributed by atoms with E-state index in [4.69, 9.17) is 4.74 Å². The highest BCUT2D eigenvalue weighted by molar-refractivity contribution is 5.89. The lowest BCUT2D eigenvalue weighted by Gasteiger charge is -2.11. The topological polar surface area (TPSA) is 62.4 Å². The van der Waals surface area contributed by atoms with E-state index in [-0.39, 0.29) is 12.1 Å². The van der Waals surface area contributed by atoms with Gasteiger partial charge in [-0.15, -0.1) is 0 Å². The smallest absolute Gasteiger partial charge is 0.319 e. The number of amides is 2. The minimum Gasteiger partial charge on any atom is -0.496 e. The summed E-state index contributed by atoms with van der Waals surface area (Å²) in [5.41, 5.74) is 3.06. The highest BCUT2D eigenvalue weighted by atomic mass is 16.5. The summed E-state index contributed by atoms with van der Waals surface area (Å²) in [7, 11) is 1.68. The standard InChI is InChI=1S/C19H25N3O2/c1-14(2)21-19(23)22-17-10-8-15(9-11-17)12-20-13-16-6-4-5-7-18(16)24-3/h4-11,14,20H,12-13H2,1-3H3,(H2,21,22,23). The summed E-state index contributed by atoms with van der Waals surface area (Å²) in [6, 6.07) is 15.7. The number of carbonyl (C=O) groups excluding carboxylic acids is 1. The van der Waals surface area contributed by atoms with Crippen molar-refractivity contribution in [2.24, 2.45) is 0 Å². The van der Waals surface area contributed by atoms with Gasteiger partial charge in [-0.3, -0.25) is 0 Å². The Balaban J connectivity index is 1.82. The van der Waals surface area contributed by atoms with E-state index in [9.17, 15) is 4.79 Å². The largest absolute Gasteiger partial charge is 0.496 e. The summed E-state index contributed by atoms with van der Waals surface area (Å²) < 4.78 is 5.34. The first-order valence-corrected chi connectivity index (χ1v) is 8.07. The van der Waals surface area contributed by atoms with Crippen LogP contribution >= 0.6 is 0 Å². The second-order valence-electron chi connectivity index (χ2n) is 5.87. The molecule has 5 nitrogen and oxygen atoms in total. The average Bonchev–Trinajstić information content (AvgIpc) is 2.56. The molecule has 0 radical (unpaired) electrons. The van der Waals surface area contributed by atoms with Gasteiger partial charge in [0.05, 0.1) is 7.11 Å². The molecule has 3 N–H and O–H groups in total. The van der Waals surface area contributed by atoms with Gasteiger partial charge in [-0.25, -0.2) is 4.79 Å². The number of hydrogen-bond acceptors (Lipinski definition) is 3. The molecule has 2 aromatic carbocycles. The van der Waals surface area contributed by atoms with E-state index in [1.807, 2.05) is 62.4 Å². The lowest BCUT2D eigenvalue weighted by Crippen LogP contribution is -2.34. The number of carbonyl (C=O) groups is 1. The summed E-state index contributed by atoms with van der Waals surface area (Å²) in [5.74, 6) is 0.890. The van der Waals surface area contributed by atoms with Gasteiger partial charge >= 0.3 is 6.03 Å². The van der Waals surface area contributed by atoms with Gasteiger partial charge in [-0.1, -0.05) is 30.3 Å². The molecule has 5 heteroatoms. The van der Waals surface area contributed by atoms with Crippen molar-refractivity contribution in [2.75, 3.05) is 12.4 Å². The molecular formula is C19H25N3O2. The highest BCUT2D eigenvalue weighted by Gasteiger charge is 2.04. The van der Waals surface area contributed by atoms with E-state index in [0.717, 1.165) is 35.7 Å². The van der Waals surface area contributed by atoms with Crippen molar-refractivity contribution >= 4 is 11.7 Å². The van der Waals surface area contributed by atoms with Crippen LogP contribution in [0.25, 0.3) is 0 Å². The third-order valence-corrected chi connectivity index (χ3v) is 3.47. The maximum atomic E-state index is 11.7. The number of urea groups is 1. The number of hydrogen-bond donors (Lipinski definition) is 3. The summed E-state index contributed by atoms with van der Waals surface area (Å²) >= 11 is 0. The predicted molar refractivity (Wildman–Crippen MR) is 97.3 cm³/mol. The van der Waals surface area contributed by atoms with Gasteiger partial charge in [-0.05, 0) is 37.6 Å². The second kappa shape index (κ2) is 8.93. The van der Waals surface area contributed by atoms with Crippen molar-refractivity contribution in [2.45, 2.75) is 33.0 Å². The van der Waals surface area contributed by atoms with Crippen LogP contribution in [-0.4, -0.2) is 19.2 Å². The predicted octanol–water partition coefficient (Wildman–Crippen LogP) is 3.51. The van der Waals surface area contributed by atoms with Crippen LogP contribution in [0.15, 0.2) is 48.5 Å². The van der Waals surface area contributed by atoms with Crippen LogP contribution in [-0.2, 0) is 13.1 Å². The number of benzene rings is 2. The number of rotatable bonds is 7. The van der Waals surface area contributed by atoms with Crippen molar-refractivity contribution in [1.29, 1.82) is 0 Å². The SMILES string of the molecule is COc1ccccc1CNCc1ccc(NC(=O)NC(C)C)cc1. The zero-order valence-corrected chi connectivity index (χ0v) is 14.4. The first-order chi connectivity index (χ1) is 11.6. The first kappa shape index (κ1) is 17.8. The van der Waals surface area contributed by atoms with E-state index in [1.54, 1.807) is 7.11 Å². The van der Waals surface area contributed by atoms with Gasteiger partial charge < -0.3 is 20.7 Å². The fourth-order valence-electron chi connectivity index (χ4n) is 2.33. The number of para-hydroxylation sites is 1. The molecule has 0 saturated carbocycles. The Bertz CT molecular complexity index is 654. The summed E-state index contributed by atoms with van der Waals surface area (Å²) in [5, 5.41) is 9.00. The van der Waals surface area contributed by atoms with Crippen LogP contribution in [0, 0.1) is 0 Å². The van der Waals surface area contributed by atoms with E-state index in [0.29, 0.717) is 0 Å². The zero-order valence-electron chi connectivity index (χ0n) is 14.4. The molecule has 0 bridgehead atoms. The number of methoxy groups -OCH3 is 1. The van der Waals surface area contributed by atoms with Gasteiger partial charge in [0.15, 0.2) is 0 Å². The quantitative estimate of drug-likeness (QED) is 0.729. The summed E-state index contributed by atoms with van der Waals surface area (Å²) in [6.07, 6.45) is 0. The van der Waals surface area contributed by atoms with Crippen molar-refractivity contribution in [3.63, 3.8) is 0 Å². The van der Waals surface area contributed by atoms with Crippen molar-refractivity contribution in [3.05, 3.63) is 59.7 Å². The molecule has 0 aliphatic carbocycles. The molecular weight excluding hydrogens is 302 g/mol. The van der Waals surface area contributed by atoms with Gasteiger partial charge in [0, 0.05) is 30.4 Å². The van der Waals surface area contributed by atoms with Crippen molar-refractivity contribution in [3.8, 4) is 5.75 Å². The fraction of sp³-hybridized carbons (Fsp3) is 0.316. The Labute approximate surface area is 143 Å². The molecule has 24 heavy (non-hydrogen) atoms. The lowest BCUT2D eigenvalue weighted by molar-refractivity contribution is 0.250. The van der Waals surface area contributed by atoms with Crippen LogP contribution in [0.5, 0.6) is 5.75 Å². The molecule has 0 heterocycles. The minimum absolute atomic E-state index is 0.114. The number of ether oxygens (including phenoxy) is 1. The average molecular weight is 327 g/mol. The lowest BCUT2D eigenvalue weighted by atomic mass is 10.1. The van der Waals surface area contributed by atoms with Crippen LogP contribution in [0.3, 0.4) is 0 Å². The highest BCUT2D eigenvalue weighted by Crippen LogP contribution is 2.17.